The number of thioether (sulfide) groups is 1. The Morgan fingerprint density at radius 1 is 1.29 bits per heavy atom. The highest BCUT2D eigenvalue weighted by molar-refractivity contribution is 7.99. The predicted octanol–water partition coefficient (Wildman–Crippen LogP) is 2.41. The predicted molar refractivity (Wildman–Crippen MR) is 84.2 cm³/mol. The molecule has 0 spiro atoms. The van der Waals surface area contributed by atoms with Crippen molar-refractivity contribution in [1.82, 2.24) is 9.97 Å². The van der Waals surface area contributed by atoms with E-state index in [0.29, 0.717) is 10.6 Å². The van der Waals surface area contributed by atoms with E-state index < -0.39 is 0 Å². The first-order valence-electron chi connectivity index (χ1n) is 8.07. The van der Waals surface area contributed by atoms with Crippen molar-refractivity contribution < 1.29 is 0 Å². The standard InChI is InChI=1S/C16H23N3OS/c17-13(9-21-15-18-2-1-14(20)19-15)16-6-10-3-11(7-16)5-12(4-10)8-16/h1-2,10-13H,3-9,17H2,(H,18,19,20). The van der Waals surface area contributed by atoms with Gasteiger partial charge in [-0.3, -0.25) is 4.79 Å². The lowest BCUT2D eigenvalue weighted by Crippen LogP contribution is -2.55. The maximum atomic E-state index is 11.3. The van der Waals surface area contributed by atoms with Gasteiger partial charge in [-0.2, -0.15) is 0 Å². The number of hydrogen-bond acceptors (Lipinski definition) is 4. The fourth-order valence-corrected chi connectivity index (χ4v) is 6.40. The van der Waals surface area contributed by atoms with Gasteiger partial charge in [-0.1, -0.05) is 11.8 Å². The molecule has 4 saturated carbocycles. The zero-order chi connectivity index (χ0) is 14.4. The van der Waals surface area contributed by atoms with Crippen LogP contribution in [0.5, 0.6) is 0 Å². The molecule has 1 heterocycles. The van der Waals surface area contributed by atoms with Crippen molar-refractivity contribution in [2.24, 2.45) is 28.9 Å². The molecule has 1 atom stereocenters. The SMILES string of the molecule is NC(CSc1nccc(=O)[nH]1)C12CC3CC(CC(C3)C1)C2. The fourth-order valence-electron chi connectivity index (χ4n) is 5.40. The number of aromatic amines is 1. The normalized spacial score (nSPS) is 38.6. The summed E-state index contributed by atoms with van der Waals surface area (Å²) in [5.74, 6) is 3.66. The van der Waals surface area contributed by atoms with Gasteiger partial charge >= 0.3 is 0 Å². The van der Waals surface area contributed by atoms with Gasteiger partial charge in [0, 0.05) is 24.1 Å². The van der Waals surface area contributed by atoms with Crippen LogP contribution >= 0.6 is 11.8 Å². The van der Waals surface area contributed by atoms with Crippen molar-refractivity contribution in [1.29, 1.82) is 0 Å². The molecule has 114 valence electrons. The summed E-state index contributed by atoms with van der Waals surface area (Å²) in [6.07, 6.45) is 9.92. The van der Waals surface area contributed by atoms with Crippen molar-refractivity contribution >= 4 is 11.8 Å². The Hall–Kier alpha value is -0.810. The van der Waals surface area contributed by atoms with Crippen LogP contribution in [0.2, 0.25) is 0 Å². The number of rotatable bonds is 4. The monoisotopic (exact) mass is 305 g/mol. The van der Waals surface area contributed by atoms with Gasteiger partial charge in [-0.05, 0) is 61.7 Å². The van der Waals surface area contributed by atoms with Crippen LogP contribution in [-0.2, 0) is 0 Å². The van der Waals surface area contributed by atoms with E-state index in [1.807, 2.05) is 0 Å². The van der Waals surface area contributed by atoms with E-state index in [-0.39, 0.29) is 11.6 Å². The molecule has 3 N–H and O–H groups in total. The second-order valence-electron chi connectivity index (χ2n) is 7.44. The van der Waals surface area contributed by atoms with Crippen LogP contribution in [0.25, 0.3) is 0 Å². The van der Waals surface area contributed by atoms with Crippen LogP contribution in [0.3, 0.4) is 0 Å². The van der Waals surface area contributed by atoms with E-state index in [2.05, 4.69) is 9.97 Å². The first-order valence-corrected chi connectivity index (χ1v) is 9.05. The third-order valence-electron chi connectivity index (χ3n) is 5.92. The Morgan fingerprint density at radius 2 is 1.90 bits per heavy atom. The molecule has 0 aromatic carbocycles. The molecule has 4 bridgehead atoms. The highest BCUT2D eigenvalue weighted by Gasteiger charge is 2.53. The summed E-state index contributed by atoms with van der Waals surface area (Å²) in [4.78, 5) is 18.3. The van der Waals surface area contributed by atoms with Gasteiger partial charge in [0.25, 0.3) is 5.56 Å². The van der Waals surface area contributed by atoms with Gasteiger partial charge in [0.2, 0.25) is 0 Å². The smallest absolute Gasteiger partial charge is 0.251 e. The summed E-state index contributed by atoms with van der Waals surface area (Å²) in [5, 5.41) is 0.697. The molecule has 4 aliphatic rings. The molecule has 0 aliphatic heterocycles. The maximum Gasteiger partial charge on any atom is 0.251 e. The van der Waals surface area contributed by atoms with Gasteiger partial charge in [-0.15, -0.1) is 0 Å². The summed E-state index contributed by atoms with van der Waals surface area (Å²) in [5.41, 5.74) is 6.90. The van der Waals surface area contributed by atoms with Crippen LogP contribution in [0, 0.1) is 23.2 Å². The third-order valence-corrected chi connectivity index (χ3v) is 6.93. The molecule has 4 aliphatic carbocycles. The van der Waals surface area contributed by atoms with Crippen molar-refractivity contribution in [3.8, 4) is 0 Å². The van der Waals surface area contributed by atoms with Gasteiger partial charge in [0.15, 0.2) is 5.16 Å². The number of nitrogens with two attached hydrogens (primary N) is 1. The quantitative estimate of drug-likeness (QED) is 0.662. The molecule has 1 unspecified atom stereocenters. The van der Waals surface area contributed by atoms with Crippen LogP contribution in [-0.4, -0.2) is 21.8 Å². The van der Waals surface area contributed by atoms with E-state index >= 15 is 0 Å². The van der Waals surface area contributed by atoms with E-state index in [9.17, 15) is 4.79 Å². The Balaban J connectivity index is 1.45. The zero-order valence-corrected chi connectivity index (χ0v) is 13.1. The lowest BCUT2D eigenvalue weighted by molar-refractivity contribution is -0.0629. The molecule has 0 radical (unpaired) electrons. The zero-order valence-electron chi connectivity index (χ0n) is 12.3. The minimum atomic E-state index is -0.0872. The summed E-state index contributed by atoms with van der Waals surface area (Å²) in [6, 6.07) is 1.67. The van der Waals surface area contributed by atoms with Crippen LogP contribution in [0.4, 0.5) is 0 Å². The largest absolute Gasteiger partial charge is 0.326 e. The van der Waals surface area contributed by atoms with E-state index in [0.717, 1.165) is 23.5 Å². The number of H-pyrrole nitrogens is 1. The summed E-state index contributed by atoms with van der Waals surface area (Å²) >= 11 is 1.60. The molecular weight excluding hydrogens is 282 g/mol. The number of nitrogens with zero attached hydrogens (tertiary/aromatic N) is 1. The van der Waals surface area contributed by atoms with Crippen molar-refractivity contribution in [3.05, 3.63) is 22.6 Å². The van der Waals surface area contributed by atoms with E-state index in [1.165, 1.54) is 44.6 Å². The fraction of sp³-hybridized carbons (Fsp3) is 0.750. The third kappa shape index (κ3) is 2.55. The van der Waals surface area contributed by atoms with Crippen LogP contribution in [0.15, 0.2) is 22.2 Å². The molecular formula is C16H23N3OS. The molecule has 0 amide bonds. The summed E-state index contributed by atoms with van der Waals surface area (Å²) in [7, 11) is 0. The molecule has 1 aromatic rings. The number of nitrogens with one attached hydrogen (secondary N) is 1. The van der Waals surface area contributed by atoms with Gasteiger partial charge in [0.1, 0.15) is 0 Å². The topological polar surface area (TPSA) is 71.8 Å². The number of hydrogen-bond donors (Lipinski definition) is 2. The van der Waals surface area contributed by atoms with Crippen molar-refractivity contribution in [3.63, 3.8) is 0 Å². The minimum Gasteiger partial charge on any atom is -0.326 e. The lowest BCUT2D eigenvalue weighted by Gasteiger charge is -2.59. The Labute approximate surface area is 129 Å². The molecule has 1 aromatic heterocycles. The highest BCUT2D eigenvalue weighted by atomic mass is 32.2. The molecule has 4 fully saturated rings. The maximum absolute atomic E-state index is 11.3. The first-order chi connectivity index (χ1) is 10.1. The lowest BCUT2D eigenvalue weighted by atomic mass is 9.48. The Morgan fingerprint density at radius 3 is 2.48 bits per heavy atom. The molecule has 5 heteroatoms. The first kappa shape index (κ1) is 13.8. The Kier molecular flexibility index (Phi) is 3.38. The molecule has 5 rings (SSSR count). The van der Waals surface area contributed by atoms with Gasteiger partial charge in [0.05, 0.1) is 0 Å². The Bertz CT molecular complexity index is 550. The van der Waals surface area contributed by atoms with Gasteiger partial charge < -0.3 is 10.7 Å². The molecule has 21 heavy (non-hydrogen) atoms. The van der Waals surface area contributed by atoms with E-state index in [4.69, 9.17) is 5.73 Å². The van der Waals surface area contributed by atoms with Gasteiger partial charge in [-0.25, -0.2) is 4.98 Å². The van der Waals surface area contributed by atoms with Crippen LogP contribution < -0.4 is 11.3 Å². The average molecular weight is 305 g/mol. The highest BCUT2D eigenvalue weighted by Crippen LogP contribution is 2.61. The number of aromatic nitrogens is 2. The van der Waals surface area contributed by atoms with Crippen LogP contribution in [0.1, 0.15) is 38.5 Å². The average Bonchev–Trinajstić information content (AvgIpc) is 2.43. The molecule has 0 saturated heterocycles. The second kappa shape index (κ2) is 5.13. The van der Waals surface area contributed by atoms with E-state index in [1.54, 1.807) is 18.0 Å². The summed E-state index contributed by atoms with van der Waals surface area (Å²) in [6.45, 7) is 0. The van der Waals surface area contributed by atoms with Crippen molar-refractivity contribution in [2.75, 3.05) is 5.75 Å². The van der Waals surface area contributed by atoms with Crippen molar-refractivity contribution in [2.45, 2.75) is 49.7 Å². The summed E-state index contributed by atoms with van der Waals surface area (Å²) < 4.78 is 0. The second-order valence-corrected chi connectivity index (χ2v) is 8.45. The minimum absolute atomic E-state index is 0.0872. The molecule has 4 nitrogen and oxygen atoms in total.